The van der Waals surface area contributed by atoms with E-state index in [-0.39, 0.29) is 6.61 Å². The Labute approximate surface area is 103 Å². The van der Waals surface area contributed by atoms with Gasteiger partial charge < -0.3 is 15.2 Å². The summed E-state index contributed by atoms with van der Waals surface area (Å²) in [6, 6.07) is 3.91. The molecule has 0 saturated heterocycles. The predicted octanol–water partition coefficient (Wildman–Crippen LogP) is 1.87. The molecule has 6 heteroatoms. The minimum Gasteiger partial charge on any atom is -0.491 e. The van der Waals surface area contributed by atoms with Crippen LogP contribution in [0.1, 0.15) is 0 Å². The Balaban J connectivity index is 2.57. The monoisotopic (exact) mass is 263 g/mol. The summed E-state index contributed by atoms with van der Waals surface area (Å²) in [5.41, 5.74) is 5.49. The molecular weight excluding hydrogens is 253 g/mol. The maximum absolute atomic E-state index is 11.0. The Morgan fingerprint density at radius 1 is 1.38 bits per heavy atom. The Morgan fingerprint density at radius 3 is 2.44 bits per heavy atom. The number of rotatable bonds is 4. The summed E-state index contributed by atoms with van der Waals surface area (Å²) in [6.45, 7) is 0.00332. The molecule has 1 atom stereocenters. The molecule has 2 N–H and O–H groups in total. The third kappa shape index (κ3) is 3.89. The lowest BCUT2D eigenvalue weighted by atomic mass is 10.3. The summed E-state index contributed by atoms with van der Waals surface area (Å²) in [5.74, 6) is -0.0787. The fourth-order valence-corrected chi connectivity index (χ4v) is 1.52. The number of hydrogen-bond acceptors (Lipinski definition) is 4. The third-order valence-electron chi connectivity index (χ3n) is 1.77. The van der Waals surface area contributed by atoms with Gasteiger partial charge in [0.2, 0.25) is 0 Å². The van der Waals surface area contributed by atoms with E-state index in [1.54, 1.807) is 18.2 Å². The quantitative estimate of drug-likeness (QED) is 0.843. The van der Waals surface area contributed by atoms with Gasteiger partial charge >= 0.3 is 5.97 Å². The first-order chi connectivity index (χ1) is 7.52. The molecule has 4 nitrogen and oxygen atoms in total. The van der Waals surface area contributed by atoms with Gasteiger partial charge in [-0.05, 0) is 18.2 Å². The van der Waals surface area contributed by atoms with E-state index in [0.29, 0.717) is 15.8 Å². The smallest absolute Gasteiger partial charge is 0.326 e. The minimum absolute atomic E-state index is 0.00332. The molecule has 16 heavy (non-hydrogen) atoms. The van der Waals surface area contributed by atoms with Crippen molar-refractivity contribution in [2.24, 2.45) is 5.73 Å². The van der Waals surface area contributed by atoms with E-state index in [9.17, 15) is 4.79 Å². The van der Waals surface area contributed by atoms with E-state index in [1.807, 2.05) is 0 Å². The SMILES string of the molecule is COC(=O)C(N)COc1cc(Cl)cc(Cl)c1. The number of ether oxygens (including phenoxy) is 2. The van der Waals surface area contributed by atoms with Crippen molar-refractivity contribution < 1.29 is 14.3 Å². The van der Waals surface area contributed by atoms with Crippen LogP contribution in [0.4, 0.5) is 0 Å². The Morgan fingerprint density at radius 2 is 1.94 bits per heavy atom. The van der Waals surface area contributed by atoms with Crippen LogP contribution >= 0.6 is 23.2 Å². The van der Waals surface area contributed by atoms with Gasteiger partial charge in [-0.2, -0.15) is 0 Å². The number of hydrogen-bond donors (Lipinski definition) is 1. The van der Waals surface area contributed by atoms with Crippen LogP contribution in [-0.4, -0.2) is 25.7 Å². The van der Waals surface area contributed by atoms with Crippen LogP contribution in [0.2, 0.25) is 10.0 Å². The van der Waals surface area contributed by atoms with Crippen LogP contribution in [-0.2, 0) is 9.53 Å². The summed E-state index contributed by atoms with van der Waals surface area (Å²) in [7, 11) is 1.26. The topological polar surface area (TPSA) is 61.5 Å². The summed E-state index contributed by atoms with van der Waals surface area (Å²) in [6.07, 6.45) is 0. The summed E-state index contributed by atoms with van der Waals surface area (Å²) < 4.78 is 9.71. The van der Waals surface area contributed by atoms with E-state index in [0.717, 1.165) is 0 Å². The first kappa shape index (κ1) is 13.1. The van der Waals surface area contributed by atoms with E-state index in [4.69, 9.17) is 33.7 Å². The zero-order valence-electron chi connectivity index (χ0n) is 8.57. The molecule has 1 unspecified atom stereocenters. The van der Waals surface area contributed by atoms with Crippen LogP contribution < -0.4 is 10.5 Å². The minimum atomic E-state index is -0.831. The van der Waals surface area contributed by atoms with E-state index < -0.39 is 12.0 Å². The van der Waals surface area contributed by atoms with Gasteiger partial charge in [0.25, 0.3) is 0 Å². The first-order valence-electron chi connectivity index (χ1n) is 4.45. The molecule has 1 aromatic carbocycles. The molecule has 0 radical (unpaired) electrons. The second-order valence-electron chi connectivity index (χ2n) is 3.05. The molecule has 0 aliphatic heterocycles. The molecule has 0 bridgehead atoms. The number of carbonyl (C=O) groups is 1. The number of carbonyl (C=O) groups excluding carboxylic acids is 1. The highest BCUT2D eigenvalue weighted by Crippen LogP contribution is 2.24. The van der Waals surface area contributed by atoms with Gasteiger partial charge in [-0.3, -0.25) is 4.79 Å². The van der Waals surface area contributed by atoms with Crippen molar-refractivity contribution >= 4 is 29.2 Å². The molecule has 0 aliphatic rings. The highest BCUT2D eigenvalue weighted by Gasteiger charge is 2.14. The highest BCUT2D eigenvalue weighted by atomic mass is 35.5. The molecular formula is C10H11Cl2NO3. The Hall–Kier alpha value is -0.970. The Bertz CT molecular complexity index is 364. The average molecular weight is 264 g/mol. The largest absolute Gasteiger partial charge is 0.491 e. The molecule has 0 aliphatic carbocycles. The van der Waals surface area contributed by atoms with E-state index in [1.165, 1.54) is 7.11 Å². The van der Waals surface area contributed by atoms with Crippen molar-refractivity contribution in [1.29, 1.82) is 0 Å². The molecule has 0 amide bonds. The fourth-order valence-electron chi connectivity index (χ4n) is 1.02. The maximum Gasteiger partial charge on any atom is 0.326 e. The summed E-state index contributed by atoms with van der Waals surface area (Å²) in [4.78, 5) is 11.0. The number of esters is 1. The first-order valence-corrected chi connectivity index (χ1v) is 5.21. The molecule has 0 heterocycles. The second kappa shape index (κ2) is 5.94. The van der Waals surface area contributed by atoms with Gasteiger partial charge in [-0.1, -0.05) is 23.2 Å². The van der Waals surface area contributed by atoms with Crippen molar-refractivity contribution in [3.8, 4) is 5.75 Å². The lowest BCUT2D eigenvalue weighted by Gasteiger charge is -2.11. The van der Waals surface area contributed by atoms with Crippen LogP contribution in [0.25, 0.3) is 0 Å². The lowest BCUT2D eigenvalue weighted by molar-refractivity contribution is -0.142. The molecule has 88 valence electrons. The van der Waals surface area contributed by atoms with Gasteiger partial charge in [0, 0.05) is 10.0 Å². The maximum atomic E-state index is 11.0. The van der Waals surface area contributed by atoms with Gasteiger partial charge in [-0.15, -0.1) is 0 Å². The van der Waals surface area contributed by atoms with Gasteiger partial charge in [-0.25, -0.2) is 0 Å². The number of nitrogens with two attached hydrogens (primary N) is 1. The number of halogens is 2. The Kier molecular flexibility index (Phi) is 4.86. The zero-order chi connectivity index (χ0) is 12.1. The molecule has 0 fully saturated rings. The van der Waals surface area contributed by atoms with Crippen LogP contribution in [0.15, 0.2) is 18.2 Å². The van der Waals surface area contributed by atoms with Crippen molar-refractivity contribution in [1.82, 2.24) is 0 Å². The van der Waals surface area contributed by atoms with Crippen molar-refractivity contribution in [3.63, 3.8) is 0 Å². The molecule has 0 spiro atoms. The van der Waals surface area contributed by atoms with Crippen molar-refractivity contribution in [3.05, 3.63) is 28.2 Å². The van der Waals surface area contributed by atoms with Gasteiger partial charge in [0.05, 0.1) is 7.11 Å². The molecule has 0 saturated carbocycles. The van der Waals surface area contributed by atoms with Gasteiger partial charge in [0.1, 0.15) is 18.4 Å². The zero-order valence-corrected chi connectivity index (χ0v) is 10.1. The normalized spacial score (nSPS) is 12.0. The predicted molar refractivity (Wildman–Crippen MR) is 61.9 cm³/mol. The van der Waals surface area contributed by atoms with Crippen molar-refractivity contribution in [2.45, 2.75) is 6.04 Å². The summed E-state index contributed by atoms with van der Waals surface area (Å²) in [5, 5.41) is 0.906. The van der Waals surface area contributed by atoms with E-state index >= 15 is 0 Å². The van der Waals surface area contributed by atoms with Crippen LogP contribution in [0, 0.1) is 0 Å². The number of methoxy groups -OCH3 is 1. The molecule has 0 aromatic heterocycles. The van der Waals surface area contributed by atoms with E-state index in [2.05, 4.69) is 4.74 Å². The fraction of sp³-hybridized carbons (Fsp3) is 0.300. The number of benzene rings is 1. The van der Waals surface area contributed by atoms with Gasteiger partial charge in [0.15, 0.2) is 0 Å². The van der Waals surface area contributed by atoms with Crippen molar-refractivity contribution in [2.75, 3.05) is 13.7 Å². The third-order valence-corrected chi connectivity index (χ3v) is 2.21. The highest BCUT2D eigenvalue weighted by molar-refractivity contribution is 6.34. The standard InChI is InChI=1S/C10H11Cl2NO3/c1-15-10(14)9(13)5-16-8-3-6(11)2-7(12)4-8/h2-4,9H,5,13H2,1H3. The van der Waals surface area contributed by atoms with Crippen LogP contribution in [0.5, 0.6) is 5.75 Å². The summed E-state index contributed by atoms with van der Waals surface area (Å²) >= 11 is 11.5. The van der Waals surface area contributed by atoms with Crippen LogP contribution in [0.3, 0.4) is 0 Å². The molecule has 1 rings (SSSR count). The second-order valence-corrected chi connectivity index (χ2v) is 3.92. The molecule has 1 aromatic rings. The average Bonchev–Trinajstić information content (AvgIpc) is 2.23. The lowest BCUT2D eigenvalue weighted by Crippen LogP contribution is -2.37.